The van der Waals surface area contributed by atoms with Gasteiger partial charge in [-0.1, -0.05) is 42.5 Å². The lowest BCUT2D eigenvalue weighted by atomic mass is 9.82. The molecule has 1 aliphatic carbocycles. The number of rotatable bonds is 8. The largest absolute Gasteiger partial charge is 0.480 e. The van der Waals surface area contributed by atoms with Gasteiger partial charge in [0.2, 0.25) is 0 Å². The Morgan fingerprint density at radius 2 is 1.70 bits per heavy atom. The number of carbonyl (C=O) groups is 1. The Labute approximate surface area is 191 Å². The smallest absolute Gasteiger partial charge is 0.329 e. The van der Waals surface area contributed by atoms with Gasteiger partial charge in [-0.15, -0.1) is 0 Å². The minimum absolute atomic E-state index is 0.180. The van der Waals surface area contributed by atoms with Crippen LogP contribution in [0.4, 0.5) is 4.39 Å². The third-order valence-corrected chi connectivity index (χ3v) is 6.16. The number of hydrogen-bond acceptors (Lipinski definition) is 4. The lowest BCUT2D eigenvalue weighted by Gasteiger charge is -2.28. The van der Waals surface area contributed by atoms with E-state index in [1.807, 2.05) is 30.3 Å². The second-order valence-corrected chi connectivity index (χ2v) is 8.60. The van der Waals surface area contributed by atoms with Crippen LogP contribution in [0.15, 0.2) is 65.5 Å². The van der Waals surface area contributed by atoms with Crippen molar-refractivity contribution >= 4 is 5.97 Å². The molecule has 0 spiro atoms. The van der Waals surface area contributed by atoms with Gasteiger partial charge in [0.1, 0.15) is 12.4 Å². The summed E-state index contributed by atoms with van der Waals surface area (Å²) >= 11 is 0. The molecule has 0 aliphatic heterocycles. The van der Waals surface area contributed by atoms with Crippen LogP contribution in [-0.4, -0.2) is 34.1 Å². The molecule has 172 valence electrons. The van der Waals surface area contributed by atoms with Crippen molar-refractivity contribution in [2.24, 2.45) is 11.8 Å². The van der Waals surface area contributed by atoms with Crippen LogP contribution < -0.4 is 5.56 Å². The van der Waals surface area contributed by atoms with Gasteiger partial charge in [-0.05, 0) is 55.2 Å². The molecule has 1 heterocycles. The molecular formula is C26H27FN2O4. The number of hydrogen-bond donors (Lipinski definition) is 1. The van der Waals surface area contributed by atoms with Crippen LogP contribution in [0.25, 0.3) is 22.4 Å². The van der Waals surface area contributed by atoms with E-state index in [2.05, 4.69) is 5.10 Å². The normalized spacial score (nSPS) is 18.2. The Hall–Kier alpha value is -3.32. The molecule has 7 heteroatoms. The predicted molar refractivity (Wildman–Crippen MR) is 123 cm³/mol. The van der Waals surface area contributed by atoms with E-state index in [1.165, 1.54) is 16.8 Å². The first kappa shape index (κ1) is 22.9. The first-order valence-electron chi connectivity index (χ1n) is 11.2. The van der Waals surface area contributed by atoms with E-state index in [4.69, 9.17) is 9.84 Å². The van der Waals surface area contributed by atoms with E-state index in [1.54, 1.807) is 18.2 Å². The van der Waals surface area contributed by atoms with E-state index in [9.17, 15) is 14.0 Å². The topological polar surface area (TPSA) is 81.4 Å². The molecule has 1 N–H and O–H groups in total. The van der Waals surface area contributed by atoms with Gasteiger partial charge in [-0.25, -0.2) is 13.9 Å². The summed E-state index contributed by atoms with van der Waals surface area (Å²) < 4.78 is 20.7. The van der Waals surface area contributed by atoms with Gasteiger partial charge in [0.15, 0.2) is 0 Å². The van der Waals surface area contributed by atoms with Gasteiger partial charge in [0, 0.05) is 23.7 Å². The van der Waals surface area contributed by atoms with E-state index in [0.29, 0.717) is 41.8 Å². The zero-order chi connectivity index (χ0) is 23.2. The van der Waals surface area contributed by atoms with Crippen LogP contribution in [0.1, 0.15) is 25.7 Å². The lowest BCUT2D eigenvalue weighted by molar-refractivity contribution is -0.142. The highest BCUT2D eigenvalue weighted by atomic mass is 19.1. The molecule has 4 rings (SSSR count). The number of carboxylic acid groups (broad SMARTS) is 1. The van der Waals surface area contributed by atoms with Crippen molar-refractivity contribution in [1.82, 2.24) is 9.78 Å². The number of aliphatic carboxylic acids is 1. The highest BCUT2D eigenvalue weighted by molar-refractivity contribution is 5.80. The van der Waals surface area contributed by atoms with Crippen molar-refractivity contribution in [2.75, 3.05) is 13.2 Å². The SMILES string of the molecule is O=C(O)COCC1CCC(Cn2nc(-c3cccc(F)c3)c(-c3ccccc3)cc2=O)CC1. The Kier molecular flexibility index (Phi) is 7.29. The molecule has 6 nitrogen and oxygen atoms in total. The van der Waals surface area contributed by atoms with Crippen molar-refractivity contribution in [3.05, 3.63) is 76.8 Å². The van der Waals surface area contributed by atoms with Gasteiger partial charge in [-0.2, -0.15) is 5.10 Å². The molecule has 0 radical (unpaired) electrons. The molecule has 0 amide bonds. The van der Waals surface area contributed by atoms with Gasteiger partial charge in [0.05, 0.1) is 12.3 Å². The first-order valence-corrected chi connectivity index (χ1v) is 11.2. The molecule has 0 saturated heterocycles. The van der Waals surface area contributed by atoms with Crippen molar-refractivity contribution in [1.29, 1.82) is 0 Å². The van der Waals surface area contributed by atoms with Crippen molar-refractivity contribution in [3.8, 4) is 22.4 Å². The minimum atomic E-state index is -0.956. The standard InChI is InChI=1S/C26H27FN2O4/c27-22-8-4-7-21(13-22)26-23(20-5-2-1-3-6-20)14-24(30)29(28-26)15-18-9-11-19(12-10-18)16-33-17-25(31)32/h1-8,13-14,18-19H,9-12,15-17H2,(H,31,32). The fraction of sp³-hybridized carbons (Fsp3) is 0.346. The van der Waals surface area contributed by atoms with Gasteiger partial charge in [0.25, 0.3) is 5.56 Å². The summed E-state index contributed by atoms with van der Waals surface area (Å²) in [5.41, 5.74) is 2.57. The molecule has 2 aromatic carbocycles. The Morgan fingerprint density at radius 1 is 1.00 bits per heavy atom. The van der Waals surface area contributed by atoms with Gasteiger partial charge in [-0.3, -0.25) is 4.79 Å². The van der Waals surface area contributed by atoms with Crippen LogP contribution in [0, 0.1) is 17.7 Å². The number of halogens is 1. The molecule has 0 bridgehead atoms. The van der Waals surface area contributed by atoms with Gasteiger partial charge < -0.3 is 9.84 Å². The van der Waals surface area contributed by atoms with Crippen molar-refractivity contribution < 1.29 is 19.0 Å². The molecule has 1 fully saturated rings. The number of carboxylic acids is 1. The molecule has 1 saturated carbocycles. The summed E-state index contributed by atoms with van der Waals surface area (Å²) in [6.07, 6.45) is 3.70. The highest BCUT2D eigenvalue weighted by Crippen LogP contribution is 2.32. The van der Waals surface area contributed by atoms with E-state index in [0.717, 1.165) is 31.2 Å². The summed E-state index contributed by atoms with van der Waals surface area (Å²) in [7, 11) is 0. The maximum atomic E-state index is 14.0. The Balaban J connectivity index is 1.54. The molecule has 0 atom stereocenters. The fourth-order valence-electron chi connectivity index (χ4n) is 4.45. The summed E-state index contributed by atoms with van der Waals surface area (Å²) in [4.78, 5) is 23.6. The average molecular weight is 451 g/mol. The summed E-state index contributed by atoms with van der Waals surface area (Å²) in [6, 6.07) is 17.4. The molecule has 33 heavy (non-hydrogen) atoms. The highest BCUT2D eigenvalue weighted by Gasteiger charge is 2.23. The van der Waals surface area contributed by atoms with Crippen LogP contribution >= 0.6 is 0 Å². The molecule has 0 unspecified atom stereocenters. The molecular weight excluding hydrogens is 423 g/mol. The van der Waals surface area contributed by atoms with E-state index < -0.39 is 5.97 Å². The molecule has 1 aromatic heterocycles. The zero-order valence-electron chi connectivity index (χ0n) is 18.3. The van der Waals surface area contributed by atoms with E-state index in [-0.39, 0.29) is 18.0 Å². The van der Waals surface area contributed by atoms with E-state index >= 15 is 0 Å². The third-order valence-electron chi connectivity index (χ3n) is 6.16. The van der Waals surface area contributed by atoms with Crippen molar-refractivity contribution in [3.63, 3.8) is 0 Å². The van der Waals surface area contributed by atoms with Crippen molar-refractivity contribution in [2.45, 2.75) is 32.2 Å². The Morgan fingerprint density at radius 3 is 2.39 bits per heavy atom. The summed E-state index contributed by atoms with van der Waals surface area (Å²) in [5, 5.41) is 13.4. The average Bonchev–Trinajstić information content (AvgIpc) is 2.81. The predicted octanol–water partition coefficient (Wildman–Crippen LogP) is 4.62. The number of ether oxygens (including phenoxy) is 1. The summed E-state index contributed by atoms with van der Waals surface area (Å²) in [5.74, 6) is -0.667. The number of benzene rings is 2. The third kappa shape index (κ3) is 5.93. The molecule has 3 aromatic rings. The van der Waals surface area contributed by atoms with Gasteiger partial charge >= 0.3 is 5.97 Å². The zero-order valence-corrected chi connectivity index (χ0v) is 18.3. The lowest BCUT2D eigenvalue weighted by Crippen LogP contribution is -2.29. The second kappa shape index (κ2) is 10.5. The maximum absolute atomic E-state index is 14.0. The number of aromatic nitrogens is 2. The van der Waals surface area contributed by atoms with Crippen LogP contribution in [0.3, 0.4) is 0 Å². The van der Waals surface area contributed by atoms with Crippen LogP contribution in [-0.2, 0) is 16.1 Å². The first-order chi connectivity index (χ1) is 16.0. The quantitative estimate of drug-likeness (QED) is 0.541. The monoisotopic (exact) mass is 450 g/mol. The Bertz CT molecular complexity index is 1150. The maximum Gasteiger partial charge on any atom is 0.329 e. The fourth-order valence-corrected chi connectivity index (χ4v) is 4.45. The second-order valence-electron chi connectivity index (χ2n) is 8.60. The van der Waals surface area contributed by atoms with Crippen LogP contribution in [0.2, 0.25) is 0 Å². The molecule has 1 aliphatic rings. The summed E-state index contributed by atoms with van der Waals surface area (Å²) in [6.45, 7) is 0.682. The number of nitrogens with zero attached hydrogens (tertiary/aromatic N) is 2. The minimum Gasteiger partial charge on any atom is -0.480 e. The van der Waals surface area contributed by atoms with Crippen LogP contribution in [0.5, 0.6) is 0 Å².